The molecular weight excluding hydrogens is 427 g/mol. The quantitative estimate of drug-likeness (QED) is 0.589. The molecule has 0 spiro atoms. The van der Waals surface area contributed by atoms with Crippen LogP contribution in [0.5, 0.6) is 5.75 Å². The van der Waals surface area contributed by atoms with Crippen molar-refractivity contribution in [2.45, 2.75) is 14.5 Å². The molecular formula is C13H9Cl6N3O. The zero-order chi connectivity index (χ0) is 17.3. The van der Waals surface area contributed by atoms with Crippen molar-refractivity contribution in [3.8, 4) is 17.1 Å². The van der Waals surface area contributed by atoms with Gasteiger partial charge in [-0.3, -0.25) is 0 Å². The molecule has 2 aromatic rings. The van der Waals surface area contributed by atoms with Crippen molar-refractivity contribution < 1.29 is 4.74 Å². The Balaban J connectivity index is 2.59. The third-order valence-corrected chi connectivity index (χ3v) is 3.56. The molecule has 4 nitrogen and oxygen atoms in total. The first-order valence-electron chi connectivity index (χ1n) is 6.25. The van der Waals surface area contributed by atoms with Crippen LogP contribution in [-0.2, 0) is 7.59 Å². The highest BCUT2D eigenvalue weighted by molar-refractivity contribution is 6.67. The molecule has 124 valence electrons. The second-order valence-electron chi connectivity index (χ2n) is 4.26. The van der Waals surface area contributed by atoms with Crippen molar-refractivity contribution in [2.24, 2.45) is 0 Å². The van der Waals surface area contributed by atoms with E-state index in [0.717, 1.165) is 0 Å². The lowest BCUT2D eigenvalue weighted by molar-refractivity contribution is 0.340. The molecule has 0 aliphatic rings. The molecule has 1 aromatic heterocycles. The van der Waals surface area contributed by atoms with Gasteiger partial charge in [-0.15, -0.1) is 0 Å². The number of benzene rings is 1. The van der Waals surface area contributed by atoms with Crippen molar-refractivity contribution in [1.29, 1.82) is 0 Å². The highest BCUT2D eigenvalue weighted by atomic mass is 35.6. The van der Waals surface area contributed by atoms with Crippen LogP contribution in [0.25, 0.3) is 11.4 Å². The topological polar surface area (TPSA) is 47.9 Å². The van der Waals surface area contributed by atoms with Crippen molar-refractivity contribution in [3.63, 3.8) is 0 Å². The molecule has 0 fully saturated rings. The van der Waals surface area contributed by atoms with Crippen molar-refractivity contribution in [3.05, 3.63) is 35.9 Å². The lowest BCUT2D eigenvalue weighted by Crippen LogP contribution is -2.16. The molecule has 10 heteroatoms. The van der Waals surface area contributed by atoms with Gasteiger partial charge in [0.2, 0.25) is 7.59 Å². The molecule has 0 aliphatic heterocycles. The summed E-state index contributed by atoms with van der Waals surface area (Å²) in [5.41, 5.74) is 0.601. The van der Waals surface area contributed by atoms with Gasteiger partial charge in [-0.25, -0.2) is 15.0 Å². The Morgan fingerprint density at radius 1 is 0.913 bits per heavy atom. The molecule has 23 heavy (non-hydrogen) atoms. The van der Waals surface area contributed by atoms with Crippen molar-refractivity contribution in [2.75, 3.05) is 6.61 Å². The summed E-state index contributed by atoms with van der Waals surface area (Å²) in [5.74, 6) is 0.548. The summed E-state index contributed by atoms with van der Waals surface area (Å²) in [6.45, 7) is 2.39. The molecule has 0 amide bonds. The number of nitrogens with zero attached hydrogens (tertiary/aromatic N) is 3. The van der Waals surface area contributed by atoms with E-state index >= 15 is 0 Å². The average molecular weight is 436 g/mol. The summed E-state index contributed by atoms with van der Waals surface area (Å²) in [7, 11) is 0. The standard InChI is InChI=1S/C13H9Cl6N3O/c1-2-23-8-5-3-4-7(6-8)9-20-10(12(14,15)16)22-11(21-9)13(17,18)19/h3-6H,2H2,1H3. The molecule has 0 unspecified atom stereocenters. The second-order valence-corrected chi connectivity index (χ2v) is 8.83. The Hall–Kier alpha value is -0.230. The van der Waals surface area contributed by atoms with E-state index < -0.39 is 7.59 Å². The van der Waals surface area contributed by atoms with Crippen LogP contribution in [0, 0.1) is 0 Å². The maximum Gasteiger partial charge on any atom is 0.250 e. The molecule has 0 atom stereocenters. The molecule has 0 radical (unpaired) electrons. The first kappa shape index (κ1) is 19.1. The van der Waals surface area contributed by atoms with Gasteiger partial charge in [-0.05, 0) is 19.1 Å². The van der Waals surface area contributed by atoms with Crippen LogP contribution in [0.2, 0.25) is 0 Å². The summed E-state index contributed by atoms with van der Waals surface area (Å²) < 4.78 is 1.66. The van der Waals surface area contributed by atoms with E-state index in [4.69, 9.17) is 74.3 Å². The number of halogens is 6. The van der Waals surface area contributed by atoms with Gasteiger partial charge < -0.3 is 4.74 Å². The largest absolute Gasteiger partial charge is 0.494 e. The van der Waals surface area contributed by atoms with Crippen LogP contribution in [0.1, 0.15) is 18.6 Å². The summed E-state index contributed by atoms with van der Waals surface area (Å²) in [4.78, 5) is 12.2. The fourth-order valence-electron chi connectivity index (χ4n) is 1.65. The minimum Gasteiger partial charge on any atom is -0.494 e. The van der Waals surface area contributed by atoms with Crippen LogP contribution in [-0.4, -0.2) is 21.6 Å². The fourth-order valence-corrected chi connectivity index (χ4v) is 2.16. The minimum absolute atomic E-state index is 0.143. The van der Waals surface area contributed by atoms with Crippen LogP contribution >= 0.6 is 69.6 Å². The number of hydrogen-bond donors (Lipinski definition) is 0. The predicted octanol–water partition coefficient (Wildman–Crippen LogP) is 5.59. The zero-order valence-corrected chi connectivity index (χ0v) is 16.1. The summed E-state index contributed by atoms with van der Waals surface area (Å²) >= 11 is 35.1. The Morgan fingerprint density at radius 2 is 1.48 bits per heavy atom. The molecule has 1 aromatic carbocycles. The van der Waals surface area contributed by atoms with Crippen LogP contribution in [0.15, 0.2) is 24.3 Å². The molecule has 1 heterocycles. The first-order chi connectivity index (χ1) is 10.6. The molecule has 0 N–H and O–H groups in total. The van der Waals surface area contributed by atoms with Gasteiger partial charge in [-0.1, -0.05) is 81.7 Å². The van der Waals surface area contributed by atoms with E-state index in [9.17, 15) is 0 Å². The van der Waals surface area contributed by atoms with Crippen LogP contribution in [0.4, 0.5) is 0 Å². The molecule has 0 saturated carbocycles. The second kappa shape index (κ2) is 7.34. The molecule has 0 saturated heterocycles. The predicted molar refractivity (Wildman–Crippen MR) is 94.9 cm³/mol. The summed E-state index contributed by atoms with van der Waals surface area (Å²) in [5, 5.41) is 0. The van der Waals surface area contributed by atoms with Gasteiger partial charge in [0, 0.05) is 5.56 Å². The summed E-state index contributed by atoms with van der Waals surface area (Å²) in [6, 6.07) is 7.04. The van der Waals surface area contributed by atoms with Crippen molar-refractivity contribution in [1.82, 2.24) is 15.0 Å². The Bertz CT molecular complexity index is 667. The first-order valence-corrected chi connectivity index (χ1v) is 8.51. The molecule has 0 aliphatic carbocycles. The maximum atomic E-state index is 5.85. The SMILES string of the molecule is CCOc1cccc(-c2nc(C(Cl)(Cl)Cl)nc(C(Cl)(Cl)Cl)n2)c1. The zero-order valence-electron chi connectivity index (χ0n) is 11.5. The minimum atomic E-state index is -1.89. The third-order valence-electron chi connectivity index (χ3n) is 2.55. The van der Waals surface area contributed by atoms with Crippen LogP contribution in [0.3, 0.4) is 0 Å². The average Bonchev–Trinajstić information content (AvgIpc) is 2.45. The van der Waals surface area contributed by atoms with Gasteiger partial charge in [0.25, 0.3) is 0 Å². The van der Waals surface area contributed by atoms with Crippen molar-refractivity contribution >= 4 is 69.6 Å². The van der Waals surface area contributed by atoms with E-state index in [1.54, 1.807) is 24.3 Å². The molecule has 0 bridgehead atoms. The number of aromatic nitrogens is 3. The maximum absolute atomic E-state index is 5.85. The Kier molecular flexibility index (Phi) is 6.10. The lowest BCUT2D eigenvalue weighted by atomic mass is 10.2. The molecule has 2 rings (SSSR count). The lowest BCUT2D eigenvalue weighted by Gasteiger charge is -2.15. The van der Waals surface area contributed by atoms with Gasteiger partial charge in [0.05, 0.1) is 6.61 Å². The van der Waals surface area contributed by atoms with Gasteiger partial charge in [0.1, 0.15) is 5.75 Å². The van der Waals surface area contributed by atoms with E-state index in [0.29, 0.717) is 17.9 Å². The summed E-state index contributed by atoms with van der Waals surface area (Å²) in [6.07, 6.45) is 0. The van der Waals surface area contributed by atoms with E-state index in [1.165, 1.54) is 0 Å². The number of ether oxygens (including phenoxy) is 1. The van der Waals surface area contributed by atoms with Gasteiger partial charge in [0.15, 0.2) is 17.5 Å². The van der Waals surface area contributed by atoms with Gasteiger partial charge in [-0.2, -0.15) is 0 Å². The monoisotopic (exact) mass is 433 g/mol. The smallest absolute Gasteiger partial charge is 0.250 e. The Labute approximate surface area is 163 Å². The van der Waals surface area contributed by atoms with E-state index in [1.807, 2.05) is 6.92 Å². The Morgan fingerprint density at radius 3 is 1.96 bits per heavy atom. The highest BCUT2D eigenvalue weighted by Crippen LogP contribution is 2.40. The number of rotatable bonds is 3. The number of hydrogen-bond acceptors (Lipinski definition) is 4. The van der Waals surface area contributed by atoms with E-state index in [2.05, 4.69) is 15.0 Å². The fraction of sp³-hybridized carbons (Fsp3) is 0.308. The third kappa shape index (κ3) is 5.12. The highest BCUT2D eigenvalue weighted by Gasteiger charge is 2.34. The number of alkyl halides is 6. The van der Waals surface area contributed by atoms with Gasteiger partial charge >= 0.3 is 0 Å². The van der Waals surface area contributed by atoms with Crippen LogP contribution < -0.4 is 4.74 Å². The normalized spacial score (nSPS) is 12.3. The van der Waals surface area contributed by atoms with E-state index in [-0.39, 0.29) is 17.5 Å².